The summed E-state index contributed by atoms with van der Waals surface area (Å²) in [5.41, 5.74) is 4.34. The molecule has 3 aromatic rings. The Morgan fingerprint density at radius 1 is 1.16 bits per heavy atom. The van der Waals surface area contributed by atoms with E-state index >= 15 is 0 Å². The summed E-state index contributed by atoms with van der Waals surface area (Å²) in [6.45, 7) is 3.01. The van der Waals surface area contributed by atoms with E-state index in [2.05, 4.69) is 39.5 Å². The molecule has 32 heavy (non-hydrogen) atoms. The van der Waals surface area contributed by atoms with Gasteiger partial charge in [0.1, 0.15) is 5.75 Å². The van der Waals surface area contributed by atoms with Crippen LogP contribution in [0.3, 0.4) is 0 Å². The lowest BCUT2D eigenvalue weighted by molar-refractivity contribution is 0.121. The molecule has 1 aliphatic heterocycles. The second kappa shape index (κ2) is 9.03. The van der Waals surface area contributed by atoms with Crippen molar-refractivity contribution < 1.29 is 9.84 Å². The third kappa shape index (κ3) is 4.17. The standard InChI is InChI=1S/C24H32N6O2/c1-29-8-7-16-10-22(32-2)21(9-19(16)13-29)27-24-25-11-20-12-26-30(23(20)28-24)14-17-5-3-4-6-18(17)15-31/h9-12,17-18,31H,3-8,13-15H2,1-2H3,(H,25,27,28)/t17-,18+/m1/s1. The number of nitrogens with one attached hydrogen (secondary N) is 1. The molecule has 3 heterocycles. The number of benzene rings is 1. The topological polar surface area (TPSA) is 88.3 Å². The molecule has 1 aromatic carbocycles. The third-order valence-corrected chi connectivity index (χ3v) is 7.06. The average Bonchev–Trinajstić information content (AvgIpc) is 3.21. The van der Waals surface area contributed by atoms with E-state index in [1.165, 1.54) is 24.0 Å². The molecule has 0 spiro atoms. The highest BCUT2D eigenvalue weighted by molar-refractivity contribution is 5.76. The number of hydrogen-bond donors (Lipinski definition) is 2. The zero-order valence-corrected chi connectivity index (χ0v) is 18.9. The molecular formula is C24H32N6O2. The number of ether oxygens (including phenoxy) is 1. The van der Waals surface area contributed by atoms with Crippen molar-refractivity contribution in [2.75, 3.05) is 32.6 Å². The minimum Gasteiger partial charge on any atom is -0.495 e. The van der Waals surface area contributed by atoms with Crippen molar-refractivity contribution in [2.45, 2.75) is 45.2 Å². The molecule has 8 nitrogen and oxygen atoms in total. The largest absolute Gasteiger partial charge is 0.495 e. The van der Waals surface area contributed by atoms with Gasteiger partial charge in [-0.25, -0.2) is 9.67 Å². The average molecular weight is 437 g/mol. The van der Waals surface area contributed by atoms with Gasteiger partial charge in [0, 0.05) is 32.4 Å². The predicted molar refractivity (Wildman–Crippen MR) is 124 cm³/mol. The molecule has 5 rings (SSSR count). The number of nitrogens with zero attached hydrogens (tertiary/aromatic N) is 5. The van der Waals surface area contributed by atoms with Gasteiger partial charge < -0.3 is 20.1 Å². The minimum absolute atomic E-state index is 0.249. The van der Waals surface area contributed by atoms with Crippen LogP contribution in [0.1, 0.15) is 36.8 Å². The second-order valence-corrected chi connectivity index (χ2v) is 9.22. The first kappa shape index (κ1) is 21.2. The van der Waals surface area contributed by atoms with E-state index in [1.807, 2.05) is 17.1 Å². The monoisotopic (exact) mass is 436 g/mol. The van der Waals surface area contributed by atoms with Gasteiger partial charge in [0.05, 0.1) is 24.4 Å². The fourth-order valence-corrected chi connectivity index (χ4v) is 5.16. The zero-order valence-electron chi connectivity index (χ0n) is 18.9. The molecule has 2 atom stereocenters. The molecule has 0 radical (unpaired) electrons. The fraction of sp³-hybridized carbons (Fsp3) is 0.542. The highest BCUT2D eigenvalue weighted by Crippen LogP contribution is 2.34. The van der Waals surface area contributed by atoms with E-state index in [4.69, 9.17) is 9.72 Å². The normalized spacial score (nSPS) is 21.5. The van der Waals surface area contributed by atoms with Crippen molar-refractivity contribution in [2.24, 2.45) is 11.8 Å². The number of aromatic nitrogens is 4. The van der Waals surface area contributed by atoms with Crippen molar-refractivity contribution in [3.63, 3.8) is 0 Å². The molecule has 2 aromatic heterocycles. The van der Waals surface area contributed by atoms with Crippen LogP contribution < -0.4 is 10.1 Å². The van der Waals surface area contributed by atoms with Gasteiger partial charge in [0.2, 0.25) is 5.95 Å². The third-order valence-electron chi connectivity index (χ3n) is 7.06. The molecule has 8 heteroatoms. The van der Waals surface area contributed by atoms with Gasteiger partial charge in [-0.05, 0) is 61.4 Å². The van der Waals surface area contributed by atoms with Gasteiger partial charge >= 0.3 is 0 Å². The summed E-state index contributed by atoms with van der Waals surface area (Å²) in [6, 6.07) is 4.29. The van der Waals surface area contributed by atoms with Crippen molar-refractivity contribution in [3.8, 4) is 5.75 Å². The predicted octanol–water partition coefficient (Wildman–Crippen LogP) is 3.37. The maximum absolute atomic E-state index is 9.78. The highest BCUT2D eigenvalue weighted by Gasteiger charge is 2.26. The summed E-state index contributed by atoms with van der Waals surface area (Å²) in [5, 5.41) is 18.7. The second-order valence-electron chi connectivity index (χ2n) is 9.22. The van der Waals surface area contributed by atoms with Gasteiger partial charge in [-0.15, -0.1) is 0 Å². The summed E-state index contributed by atoms with van der Waals surface area (Å²) in [4.78, 5) is 11.6. The van der Waals surface area contributed by atoms with Crippen LogP contribution in [0.2, 0.25) is 0 Å². The number of rotatable bonds is 6. The Balaban J connectivity index is 1.42. The van der Waals surface area contributed by atoms with Crippen LogP contribution in [0.15, 0.2) is 24.5 Å². The number of aliphatic hydroxyl groups excluding tert-OH is 1. The molecule has 2 aliphatic rings. The summed E-state index contributed by atoms with van der Waals surface area (Å²) < 4.78 is 7.63. The zero-order chi connectivity index (χ0) is 22.1. The molecule has 2 N–H and O–H groups in total. The maximum Gasteiger partial charge on any atom is 0.229 e. The molecule has 0 amide bonds. The van der Waals surface area contributed by atoms with Gasteiger partial charge in [0.25, 0.3) is 0 Å². The quantitative estimate of drug-likeness (QED) is 0.612. The summed E-state index contributed by atoms with van der Waals surface area (Å²) in [5.74, 6) is 2.11. The Hall–Kier alpha value is -2.71. The molecule has 0 saturated heterocycles. The van der Waals surface area contributed by atoms with Crippen LogP contribution in [0.4, 0.5) is 11.6 Å². The number of hydrogen-bond acceptors (Lipinski definition) is 7. The lowest BCUT2D eigenvalue weighted by atomic mass is 9.80. The number of likely N-dealkylation sites (N-methyl/N-ethyl adjacent to an activating group) is 1. The Kier molecular flexibility index (Phi) is 5.97. The molecule has 0 bridgehead atoms. The molecule has 1 saturated carbocycles. The Morgan fingerprint density at radius 3 is 2.81 bits per heavy atom. The summed E-state index contributed by atoms with van der Waals surface area (Å²) in [7, 11) is 3.84. The van der Waals surface area contributed by atoms with Crippen LogP contribution in [-0.2, 0) is 19.5 Å². The van der Waals surface area contributed by atoms with Crippen LogP contribution >= 0.6 is 0 Å². The summed E-state index contributed by atoms with van der Waals surface area (Å²) in [6.07, 6.45) is 9.31. The Bertz CT molecular complexity index is 1100. The Labute approximate surface area is 188 Å². The SMILES string of the molecule is COc1cc2c(cc1Nc1ncc3cnn(C[C@H]4CCCC[C@H]4CO)c3n1)CN(C)CC2. The summed E-state index contributed by atoms with van der Waals surface area (Å²) >= 11 is 0. The van der Waals surface area contributed by atoms with Crippen molar-refractivity contribution in [1.82, 2.24) is 24.6 Å². The number of anilines is 2. The molecule has 0 unspecified atom stereocenters. The molecule has 170 valence electrons. The van der Waals surface area contributed by atoms with Crippen LogP contribution in [0.5, 0.6) is 5.75 Å². The lowest BCUT2D eigenvalue weighted by Gasteiger charge is -2.30. The van der Waals surface area contributed by atoms with Crippen molar-refractivity contribution in [3.05, 3.63) is 35.7 Å². The highest BCUT2D eigenvalue weighted by atomic mass is 16.5. The van der Waals surface area contributed by atoms with E-state index in [0.29, 0.717) is 17.8 Å². The Morgan fingerprint density at radius 2 is 2.00 bits per heavy atom. The molecular weight excluding hydrogens is 404 g/mol. The first-order chi connectivity index (χ1) is 15.6. The van der Waals surface area contributed by atoms with E-state index in [-0.39, 0.29) is 6.61 Å². The van der Waals surface area contributed by atoms with Crippen LogP contribution in [0, 0.1) is 11.8 Å². The van der Waals surface area contributed by atoms with Crippen molar-refractivity contribution in [1.29, 1.82) is 0 Å². The number of methoxy groups -OCH3 is 1. The fourth-order valence-electron chi connectivity index (χ4n) is 5.16. The van der Waals surface area contributed by atoms with Crippen molar-refractivity contribution >= 4 is 22.7 Å². The first-order valence-electron chi connectivity index (χ1n) is 11.6. The number of aliphatic hydroxyl groups is 1. The van der Waals surface area contributed by atoms with Gasteiger partial charge in [-0.3, -0.25) is 0 Å². The number of fused-ring (bicyclic) bond motifs is 2. The van der Waals surface area contributed by atoms with Gasteiger partial charge in [-0.1, -0.05) is 12.8 Å². The van der Waals surface area contributed by atoms with E-state index in [9.17, 15) is 5.11 Å². The van der Waals surface area contributed by atoms with E-state index in [1.54, 1.807) is 7.11 Å². The minimum atomic E-state index is 0.249. The maximum atomic E-state index is 9.78. The van der Waals surface area contributed by atoms with Crippen LogP contribution in [-0.4, -0.2) is 57.1 Å². The molecule has 1 fully saturated rings. The molecule has 1 aliphatic carbocycles. The lowest BCUT2D eigenvalue weighted by Crippen LogP contribution is -2.27. The van der Waals surface area contributed by atoms with E-state index in [0.717, 1.165) is 61.4 Å². The van der Waals surface area contributed by atoms with Gasteiger partial charge in [0.15, 0.2) is 5.65 Å². The smallest absolute Gasteiger partial charge is 0.229 e. The first-order valence-corrected chi connectivity index (χ1v) is 11.6. The van der Waals surface area contributed by atoms with Crippen LogP contribution in [0.25, 0.3) is 11.0 Å². The van der Waals surface area contributed by atoms with Gasteiger partial charge in [-0.2, -0.15) is 10.1 Å². The van der Waals surface area contributed by atoms with E-state index < -0.39 is 0 Å².